The second-order valence-corrected chi connectivity index (χ2v) is 9.78. The Kier molecular flexibility index (Phi) is 6.77. The maximum Gasteiger partial charge on any atom is 0.416 e. The van der Waals surface area contributed by atoms with Gasteiger partial charge in [0.2, 0.25) is 5.91 Å². The second kappa shape index (κ2) is 9.32. The molecule has 2 aromatic rings. The maximum atomic E-state index is 13.3. The summed E-state index contributed by atoms with van der Waals surface area (Å²) in [6.45, 7) is 4.27. The van der Waals surface area contributed by atoms with Crippen molar-refractivity contribution in [3.05, 3.63) is 70.8 Å². The quantitative estimate of drug-likeness (QED) is 0.557. The summed E-state index contributed by atoms with van der Waals surface area (Å²) in [5, 5.41) is 6.62. The SMILES string of the molecule is Cc1cc([C@@H](C)OC[C@@]2(c3ccccc3)CC[C@H](NC(=O)C3(N)CC3)CN2)cc(C(F)(F)F)c1. The van der Waals surface area contributed by atoms with Crippen LogP contribution in [0.25, 0.3) is 0 Å². The summed E-state index contributed by atoms with van der Waals surface area (Å²) in [6, 6.07) is 13.9. The molecule has 0 bridgehead atoms. The van der Waals surface area contributed by atoms with Crippen LogP contribution >= 0.6 is 0 Å². The van der Waals surface area contributed by atoms with E-state index < -0.39 is 28.9 Å². The summed E-state index contributed by atoms with van der Waals surface area (Å²) in [7, 11) is 0. The Labute approximate surface area is 198 Å². The van der Waals surface area contributed by atoms with Gasteiger partial charge in [-0.25, -0.2) is 0 Å². The van der Waals surface area contributed by atoms with Crippen molar-refractivity contribution in [2.75, 3.05) is 13.2 Å². The number of hydrogen-bond donors (Lipinski definition) is 3. The number of ether oxygens (including phenoxy) is 1. The minimum absolute atomic E-state index is 0.0334. The molecule has 4 N–H and O–H groups in total. The van der Waals surface area contributed by atoms with Crippen LogP contribution in [0.3, 0.4) is 0 Å². The van der Waals surface area contributed by atoms with Crippen molar-refractivity contribution < 1.29 is 22.7 Å². The molecule has 1 aliphatic heterocycles. The standard InChI is InChI=1S/C26H32F3N3O2/c1-17-12-19(14-21(13-17)26(27,28)29)18(2)34-16-25(20-6-4-3-5-7-20)9-8-22(15-31-25)32-23(33)24(30)10-11-24/h3-7,12-14,18,22,31H,8-11,15-16,30H2,1-2H3,(H,32,33)/t18-,22+,25-/m1/s1. The van der Waals surface area contributed by atoms with Crippen LogP contribution in [-0.2, 0) is 21.2 Å². The predicted molar refractivity (Wildman–Crippen MR) is 124 cm³/mol. The van der Waals surface area contributed by atoms with Crippen molar-refractivity contribution in [2.24, 2.45) is 5.73 Å². The zero-order chi connectivity index (χ0) is 24.6. The molecule has 1 saturated heterocycles. The van der Waals surface area contributed by atoms with Crippen molar-refractivity contribution in [3.63, 3.8) is 0 Å². The zero-order valence-electron chi connectivity index (χ0n) is 19.5. The van der Waals surface area contributed by atoms with Crippen molar-refractivity contribution >= 4 is 5.91 Å². The molecule has 0 radical (unpaired) electrons. The molecule has 2 aromatic carbocycles. The van der Waals surface area contributed by atoms with Crippen molar-refractivity contribution in [1.29, 1.82) is 0 Å². The lowest BCUT2D eigenvalue weighted by Gasteiger charge is -2.42. The highest BCUT2D eigenvalue weighted by molar-refractivity contribution is 5.89. The van der Waals surface area contributed by atoms with Crippen molar-refractivity contribution in [3.8, 4) is 0 Å². The number of piperidine rings is 1. The molecule has 2 fully saturated rings. The summed E-state index contributed by atoms with van der Waals surface area (Å²) in [5.41, 5.74) is 6.21. The topological polar surface area (TPSA) is 76.4 Å². The third kappa shape index (κ3) is 5.45. The number of rotatable bonds is 7. The Morgan fingerprint density at radius 1 is 1.21 bits per heavy atom. The van der Waals surface area contributed by atoms with Crippen LogP contribution in [-0.4, -0.2) is 30.6 Å². The van der Waals surface area contributed by atoms with Gasteiger partial charge in [0.05, 0.1) is 29.4 Å². The molecule has 1 heterocycles. The molecule has 1 amide bonds. The minimum Gasteiger partial charge on any atom is -0.372 e. The van der Waals surface area contributed by atoms with E-state index in [0.29, 0.717) is 36.9 Å². The van der Waals surface area contributed by atoms with E-state index >= 15 is 0 Å². The van der Waals surface area contributed by atoms with Gasteiger partial charge in [0.25, 0.3) is 0 Å². The fraction of sp³-hybridized carbons (Fsp3) is 0.500. The van der Waals surface area contributed by atoms with Crippen LogP contribution < -0.4 is 16.4 Å². The van der Waals surface area contributed by atoms with E-state index in [4.69, 9.17) is 10.5 Å². The van der Waals surface area contributed by atoms with Crippen molar-refractivity contribution in [2.45, 2.75) is 68.9 Å². The number of hydrogen-bond acceptors (Lipinski definition) is 4. The molecule has 0 aromatic heterocycles. The van der Waals surface area contributed by atoms with Crippen LogP contribution in [0, 0.1) is 6.92 Å². The second-order valence-electron chi connectivity index (χ2n) is 9.78. The first-order valence-electron chi connectivity index (χ1n) is 11.7. The average molecular weight is 476 g/mol. The van der Waals surface area contributed by atoms with Gasteiger partial charge in [0, 0.05) is 12.6 Å². The fourth-order valence-electron chi connectivity index (χ4n) is 4.53. The van der Waals surface area contributed by atoms with Gasteiger partial charge in [-0.3, -0.25) is 4.79 Å². The third-order valence-corrected chi connectivity index (χ3v) is 6.99. The van der Waals surface area contributed by atoms with Gasteiger partial charge in [-0.15, -0.1) is 0 Å². The lowest BCUT2D eigenvalue weighted by molar-refractivity contribution is -0.137. The summed E-state index contributed by atoms with van der Waals surface area (Å²) in [6.07, 6.45) is -2.05. The molecule has 0 unspecified atom stereocenters. The maximum absolute atomic E-state index is 13.3. The van der Waals surface area contributed by atoms with Gasteiger partial charge >= 0.3 is 6.18 Å². The van der Waals surface area contributed by atoms with Gasteiger partial charge in [-0.1, -0.05) is 42.0 Å². The number of carbonyl (C=O) groups excluding carboxylic acids is 1. The molecule has 3 atom stereocenters. The number of aryl methyl sites for hydroxylation is 1. The van der Waals surface area contributed by atoms with Gasteiger partial charge in [-0.2, -0.15) is 13.2 Å². The molecule has 0 spiro atoms. The first-order chi connectivity index (χ1) is 16.0. The van der Waals surface area contributed by atoms with E-state index in [1.54, 1.807) is 19.9 Å². The summed E-state index contributed by atoms with van der Waals surface area (Å²) in [5.74, 6) is -0.101. The van der Waals surface area contributed by atoms with Crippen molar-refractivity contribution in [1.82, 2.24) is 10.6 Å². The minimum atomic E-state index is -4.40. The van der Waals surface area contributed by atoms with Crippen LogP contribution in [0.15, 0.2) is 48.5 Å². The summed E-state index contributed by atoms with van der Waals surface area (Å²) < 4.78 is 46.1. The number of benzene rings is 2. The lowest BCUT2D eigenvalue weighted by Crippen LogP contribution is -2.59. The normalized spacial score (nSPS) is 24.9. The Morgan fingerprint density at radius 3 is 2.50 bits per heavy atom. The van der Waals surface area contributed by atoms with E-state index in [1.807, 2.05) is 30.3 Å². The van der Waals surface area contributed by atoms with Gasteiger partial charge in [-0.05, 0) is 62.8 Å². The third-order valence-electron chi connectivity index (χ3n) is 6.99. The van der Waals surface area contributed by atoms with Crippen LogP contribution in [0.2, 0.25) is 0 Å². The van der Waals surface area contributed by atoms with E-state index in [1.165, 1.54) is 0 Å². The molecule has 1 saturated carbocycles. The molecular formula is C26H32F3N3O2. The highest BCUT2D eigenvalue weighted by Gasteiger charge is 2.47. The predicted octanol–water partition coefficient (Wildman–Crippen LogP) is 4.35. The molecule has 184 valence electrons. The number of alkyl halides is 3. The molecule has 5 nitrogen and oxygen atoms in total. The number of nitrogens with two attached hydrogens (primary N) is 1. The molecule has 1 aliphatic carbocycles. The number of halogens is 3. The zero-order valence-corrected chi connectivity index (χ0v) is 19.5. The van der Waals surface area contributed by atoms with E-state index in [-0.39, 0.29) is 18.6 Å². The highest BCUT2D eigenvalue weighted by atomic mass is 19.4. The molecule has 8 heteroatoms. The highest BCUT2D eigenvalue weighted by Crippen LogP contribution is 2.36. The Balaban J connectivity index is 1.47. The van der Waals surface area contributed by atoms with Gasteiger partial charge in [0.1, 0.15) is 0 Å². The lowest BCUT2D eigenvalue weighted by atomic mass is 9.81. The monoisotopic (exact) mass is 475 g/mol. The van der Waals surface area contributed by atoms with E-state index in [9.17, 15) is 18.0 Å². The summed E-state index contributed by atoms with van der Waals surface area (Å²) in [4.78, 5) is 12.4. The summed E-state index contributed by atoms with van der Waals surface area (Å²) >= 11 is 0. The van der Waals surface area contributed by atoms with Gasteiger partial charge in [0.15, 0.2) is 0 Å². The molecule has 2 aliphatic rings. The smallest absolute Gasteiger partial charge is 0.372 e. The van der Waals surface area contributed by atoms with Crippen LogP contribution in [0.4, 0.5) is 13.2 Å². The molecule has 34 heavy (non-hydrogen) atoms. The van der Waals surface area contributed by atoms with E-state index in [0.717, 1.165) is 24.1 Å². The van der Waals surface area contributed by atoms with Gasteiger partial charge < -0.3 is 21.1 Å². The number of nitrogens with one attached hydrogen (secondary N) is 2. The van der Waals surface area contributed by atoms with Crippen LogP contribution in [0.5, 0.6) is 0 Å². The Bertz CT molecular complexity index is 1010. The molecular weight excluding hydrogens is 443 g/mol. The average Bonchev–Trinajstić information content (AvgIpc) is 3.57. The Morgan fingerprint density at radius 2 is 1.91 bits per heavy atom. The Hall–Kier alpha value is -2.42. The first kappa shape index (κ1) is 24.7. The number of carbonyl (C=O) groups is 1. The van der Waals surface area contributed by atoms with Crippen LogP contribution in [0.1, 0.15) is 61.0 Å². The fourth-order valence-corrected chi connectivity index (χ4v) is 4.53. The number of amides is 1. The largest absolute Gasteiger partial charge is 0.416 e. The molecule has 4 rings (SSSR count). The first-order valence-corrected chi connectivity index (χ1v) is 11.7. The van der Waals surface area contributed by atoms with E-state index in [2.05, 4.69) is 10.6 Å².